The van der Waals surface area contributed by atoms with Gasteiger partial charge in [-0.3, -0.25) is 9.89 Å². The summed E-state index contributed by atoms with van der Waals surface area (Å²) >= 11 is 5.42. The fourth-order valence-electron chi connectivity index (χ4n) is 1.24. The summed E-state index contributed by atoms with van der Waals surface area (Å²) in [5.41, 5.74) is 3.69. The van der Waals surface area contributed by atoms with Gasteiger partial charge < -0.3 is 0 Å². The number of H-pyrrole nitrogens is 1. The van der Waals surface area contributed by atoms with Gasteiger partial charge in [-0.15, -0.1) is 0 Å². The number of nitrogens with one attached hydrogen (secondary N) is 2. The van der Waals surface area contributed by atoms with Gasteiger partial charge in [0.1, 0.15) is 5.69 Å². The minimum Gasteiger partial charge on any atom is -0.272 e. The first kappa shape index (κ1) is 13.2. The SMILES string of the molecule is O=C(NN=Cc1cccc(I)c1)c1[nH]ncc1Br. The minimum atomic E-state index is -0.346. The second-order valence-corrected chi connectivity index (χ2v) is 5.45. The van der Waals surface area contributed by atoms with Crippen LogP contribution in [0.5, 0.6) is 0 Å². The number of hydrazone groups is 1. The Labute approximate surface area is 125 Å². The van der Waals surface area contributed by atoms with E-state index in [4.69, 9.17) is 0 Å². The third-order valence-corrected chi connectivity index (χ3v) is 3.32. The third kappa shape index (κ3) is 3.39. The number of aromatic nitrogens is 2. The van der Waals surface area contributed by atoms with Crippen LogP contribution in [0.25, 0.3) is 0 Å². The van der Waals surface area contributed by atoms with Gasteiger partial charge in [0.15, 0.2) is 0 Å². The summed E-state index contributed by atoms with van der Waals surface area (Å²) in [6.45, 7) is 0. The molecule has 0 aliphatic rings. The van der Waals surface area contributed by atoms with E-state index in [9.17, 15) is 4.79 Å². The smallest absolute Gasteiger partial charge is 0.272 e. The molecule has 5 nitrogen and oxygen atoms in total. The van der Waals surface area contributed by atoms with Crippen LogP contribution in [-0.4, -0.2) is 22.3 Å². The van der Waals surface area contributed by atoms with Crippen LogP contribution in [-0.2, 0) is 0 Å². The lowest BCUT2D eigenvalue weighted by molar-refractivity contribution is 0.0949. The molecular weight excluding hydrogens is 411 g/mol. The summed E-state index contributed by atoms with van der Waals surface area (Å²) in [6.07, 6.45) is 3.10. The molecule has 18 heavy (non-hydrogen) atoms. The number of carbonyl (C=O) groups is 1. The number of hydrogen-bond donors (Lipinski definition) is 2. The van der Waals surface area contributed by atoms with Gasteiger partial charge in [-0.1, -0.05) is 12.1 Å². The highest BCUT2D eigenvalue weighted by molar-refractivity contribution is 14.1. The Kier molecular flexibility index (Phi) is 4.48. The summed E-state index contributed by atoms with van der Waals surface area (Å²) < 4.78 is 1.71. The first-order valence-electron chi connectivity index (χ1n) is 4.94. The zero-order valence-electron chi connectivity index (χ0n) is 9.02. The molecule has 0 unspecified atom stereocenters. The van der Waals surface area contributed by atoms with E-state index in [0.717, 1.165) is 9.13 Å². The van der Waals surface area contributed by atoms with Crippen molar-refractivity contribution >= 4 is 50.6 Å². The van der Waals surface area contributed by atoms with E-state index in [2.05, 4.69) is 59.2 Å². The van der Waals surface area contributed by atoms with Crippen molar-refractivity contribution in [3.05, 3.63) is 49.8 Å². The van der Waals surface area contributed by atoms with Crippen LogP contribution in [0.2, 0.25) is 0 Å². The number of carbonyl (C=O) groups excluding carboxylic acids is 1. The molecule has 7 heteroatoms. The molecule has 0 saturated carbocycles. The highest BCUT2D eigenvalue weighted by Gasteiger charge is 2.10. The summed E-state index contributed by atoms with van der Waals surface area (Å²) in [6, 6.07) is 7.78. The molecule has 2 aromatic rings. The average Bonchev–Trinajstić information content (AvgIpc) is 2.75. The molecule has 2 N–H and O–H groups in total. The molecule has 1 heterocycles. The normalized spacial score (nSPS) is 10.8. The summed E-state index contributed by atoms with van der Waals surface area (Å²) in [4.78, 5) is 11.7. The molecule has 0 bridgehead atoms. The first-order chi connectivity index (χ1) is 8.66. The lowest BCUT2D eigenvalue weighted by Gasteiger charge is -1.97. The molecule has 1 amide bonds. The van der Waals surface area contributed by atoms with Gasteiger partial charge in [0, 0.05) is 3.57 Å². The van der Waals surface area contributed by atoms with E-state index in [-0.39, 0.29) is 5.91 Å². The minimum absolute atomic E-state index is 0.342. The highest BCUT2D eigenvalue weighted by atomic mass is 127. The molecule has 1 aromatic heterocycles. The Morgan fingerprint density at radius 3 is 3.06 bits per heavy atom. The summed E-state index contributed by atoms with van der Waals surface area (Å²) in [7, 11) is 0. The second-order valence-electron chi connectivity index (χ2n) is 3.35. The first-order valence-corrected chi connectivity index (χ1v) is 6.82. The topological polar surface area (TPSA) is 70.1 Å². The fourth-order valence-corrected chi connectivity index (χ4v) is 2.18. The molecule has 1 aromatic carbocycles. The summed E-state index contributed by atoms with van der Waals surface area (Å²) in [5.74, 6) is -0.346. The number of benzene rings is 1. The Bertz CT molecular complexity index is 596. The average molecular weight is 419 g/mol. The van der Waals surface area contributed by atoms with E-state index in [0.29, 0.717) is 10.2 Å². The van der Waals surface area contributed by atoms with Crippen molar-refractivity contribution in [1.29, 1.82) is 0 Å². The molecular formula is C11H8BrIN4O. The van der Waals surface area contributed by atoms with Crippen LogP contribution in [0.15, 0.2) is 40.0 Å². The number of hydrogen-bond acceptors (Lipinski definition) is 3. The number of amides is 1. The lowest BCUT2D eigenvalue weighted by atomic mass is 10.2. The maximum absolute atomic E-state index is 11.7. The molecule has 0 aliphatic heterocycles. The van der Waals surface area contributed by atoms with E-state index in [1.165, 1.54) is 6.20 Å². The number of rotatable bonds is 3. The van der Waals surface area contributed by atoms with E-state index >= 15 is 0 Å². The van der Waals surface area contributed by atoms with Gasteiger partial charge in [0.2, 0.25) is 0 Å². The van der Waals surface area contributed by atoms with Gasteiger partial charge in [0.25, 0.3) is 5.91 Å². The summed E-state index contributed by atoms with van der Waals surface area (Å²) in [5, 5.41) is 10.2. The number of aromatic amines is 1. The molecule has 0 radical (unpaired) electrons. The van der Waals surface area contributed by atoms with Crippen LogP contribution in [0.3, 0.4) is 0 Å². The predicted molar refractivity (Wildman–Crippen MR) is 80.5 cm³/mol. The molecule has 0 fully saturated rings. The molecule has 0 saturated heterocycles. The van der Waals surface area contributed by atoms with Gasteiger partial charge in [0.05, 0.1) is 16.9 Å². The van der Waals surface area contributed by atoms with E-state index in [1.54, 1.807) is 6.21 Å². The fraction of sp³-hybridized carbons (Fsp3) is 0. The van der Waals surface area contributed by atoms with Crippen LogP contribution in [0, 0.1) is 3.57 Å². The third-order valence-electron chi connectivity index (χ3n) is 2.05. The van der Waals surface area contributed by atoms with Crippen LogP contribution >= 0.6 is 38.5 Å². The Morgan fingerprint density at radius 1 is 1.56 bits per heavy atom. The monoisotopic (exact) mass is 418 g/mol. The Balaban J connectivity index is 2.00. The molecule has 92 valence electrons. The molecule has 0 atom stereocenters. The zero-order valence-corrected chi connectivity index (χ0v) is 12.8. The van der Waals surface area contributed by atoms with Crippen molar-refractivity contribution < 1.29 is 4.79 Å². The largest absolute Gasteiger partial charge is 0.290 e. The van der Waals surface area contributed by atoms with Gasteiger partial charge >= 0.3 is 0 Å². The number of halogens is 2. The van der Waals surface area contributed by atoms with Crippen LogP contribution in [0.4, 0.5) is 0 Å². The van der Waals surface area contributed by atoms with Gasteiger partial charge in [-0.2, -0.15) is 10.2 Å². The van der Waals surface area contributed by atoms with Crippen molar-refractivity contribution in [3.63, 3.8) is 0 Å². The predicted octanol–water partition coefficient (Wildman–Crippen LogP) is 2.54. The molecule has 2 rings (SSSR count). The Morgan fingerprint density at radius 2 is 2.39 bits per heavy atom. The van der Waals surface area contributed by atoms with Crippen molar-refractivity contribution in [2.24, 2.45) is 5.10 Å². The van der Waals surface area contributed by atoms with Crippen LogP contribution in [0.1, 0.15) is 16.1 Å². The van der Waals surface area contributed by atoms with Crippen LogP contribution < -0.4 is 5.43 Å². The van der Waals surface area contributed by atoms with Crippen molar-refractivity contribution in [1.82, 2.24) is 15.6 Å². The lowest BCUT2D eigenvalue weighted by Crippen LogP contribution is -2.18. The van der Waals surface area contributed by atoms with Gasteiger partial charge in [-0.25, -0.2) is 5.43 Å². The number of nitrogens with zero attached hydrogens (tertiary/aromatic N) is 2. The maximum Gasteiger partial charge on any atom is 0.290 e. The molecule has 0 spiro atoms. The second kappa shape index (κ2) is 6.10. The van der Waals surface area contributed by atoms with E-state index < -0.39 is 0 Å². The zero-order chi connectivity index (χ0) is 13.0. The quantitative estimate of drug-likeness (QED) is 0.457. The standard InChI is InChI=1S/C11H8BrIN4O/c12-9-6-15-16-10(9)11(18)17-14-5-7-2-1-3-8(13)4-7/h1-6H,(H,15,16)(H,17,18). The van der Waals surface area contributed by atoms with Crippen molar-refractivity contribution in [2.75, 3.05) is 0 Å². The maximum atomic E-state index is 11.7. The van der Waals surface area contributed by atoms with E-state index in [1.807, 2.05) is 24.3 Å². The highest BCUT2D eigenvalue weighted by Crippen LogP contribution is 2.12. The van der Waals surface area contributed by atoms with Crippen molar-refractivity contribution in [3.8, 4) is 0 Å². The van der Waals surface area contributed by atoms with Gasteiger partial charge in [-0.05, 0) is 56.2 Å². The van der Waals surface area contributed by atoms with Crippen molar-refractivity contribution in [2.45, 2.75) is 0 Å². The Hall–Kier alpha value is -1.22. The molecule has 0 aliphatic carbocycles.